The maximum atomic E-state index is 11.8. The molecule has 1 atom stereocenters. The second kappa shape index (κ2) is 6.29. The van der Waals surface area contributed by atoms with Crippen LogP contribution in [0.3, 0.4) is 0 Å². The van der Waals surface area contributed by atoms with Gasteiger partial charge in [-0.15, -0.1) is 0 Å². The van der Waals surface area contributed by atoms with E-state index in [1.165, 1.54) is 24.3 Å². The molecular formula is C13H15NO5. The Morgan fingerprint density at radius 1 is 1.47 bits per heavy atom. The van der Waals surface area contributed by atoms with Gasteiger partial charge >= 0.3 is 5.97 Å². The summed E-state index contributed by atoms with van der Waals surface area (Å²) in [5, 5.41) is 10.6. The van der Waals surface area contributed by atoms with Crippen LogP contribution in [0, 0.1) is 10.1 Å². The molecule has 0 aliphatic carbocycles. The monoisotopic (exact) mass is 265 g/mol. The fourth-order valence-electron chi connectivity index (χ4n) is 1.94. The average Bonchev–Trinajstić information content (AvgIpc) is 2.46. The molecule has 0 bridgehead atoms. The van der Waals surface area contributed by atoms with Crippen LogP contribution in [0.15, 0.2) is 24.3 Å². The first-order chi connectivity index (χ1) is 9.16. The number of nitrogens with zero attached hydrogens (tertiary/aromatic N) is 1. The highest BCUT2D eigenvalue weighted by atomic mass is 16.6. The molecule has 19 heavy (non-hydrogen) atoms. The van der Waals surface area contributed by atoms with Crippen molar-refractivity contribution in [3.05, 3.63) is 39.9 Å². The molecule has 6 nitrogen and oxygen atoms in total. The molecule has 102 valence electrons. The SMILES string of the molecule is O=C(OCC1CCCCO1)c1cccc([N+](=O)[O-])c1. The van der Waals surface area contributed by atoms with E-state index in [0.717, 1.165) is 19.3 Å². The fraction of sp³-hybridized carbons (Fsp3) is 0.462. The zero-order valence-corrected chi connectivity index (χ0v) is 10.4. The summed E-state index contributed by atoms with van der Waals surface area (Å²) < 4.78 is 10.6. The number of carbonyl (C=O) groups excluding carboxylic acids is 1. The lowest BCUT2D eigenvalue weighted by atomic mass is 10.1. The molecule has 0 aromatic heterocycles. The molecule has 1 aliphatic rings. The van der Waals surface area contributed by atoms with E-state index in [9.17, 15) is 14.9 Å². The highest BCUT2D eigenvalue weighted by molar-refractivity contribution is 5.90. The van der Waals surface area contributed by atoms with Crippen molar-refractivity contribution in [1.29, 1.82) is 0 Å². The zero-order valence-electron chi connectivity index (χ0n) is 10.4. The highest BCUT2D eigenvalue weighted by Crippen LogP contribution is 2.16. The van der Waals surface area contributed by atoms with E-state index in [2.05, 4.69) is 0 Å². The van der Waals surface area contributed by atoms with Crippen molar-refractivity contribution < 1.29 is 19.2 Å². The smallest absolute Gasteiger partial charge is 0.338 e. The second-order valence-electron chi connectivity index (χ2n) is 4.39. The maximum absolute atomic E-state index is 11.8. The number of nitro benzene ring substituents is 1. The van der Waals surface area contributed by atoms with E-state index < -0.39 is 10.9 Å². The number of carbonyl (C=O) groups is 1. The summed E-state index contributed by atoms with van der Waals surface area (Å²) in [5.74, 6) is -0.558. The number of non-ortho nitro benzene ring substituents is 1. The predicted octanol–water partition coefficient (Wildman–Crippen LogP) is 2.32. The number of nitro groups is 1. The van der Waals surface area contributed by atoms with Crippen molar-refractivity contribution in [2.45, 2.75) is 25.4 Å². The largest absolute Gasteiger partial charge is 0.459 e. The summed E-state index contributed by atoms with van der Waals surface area (Å²) in [5.41, 5.74) is 0.0633. The summed E-state index contributed by atoms with van der Waals surface area (Å²) >= 11 is 0. The van der Waals surface area contributed by atoms with Gasteiger partial charge in [0.05, 0.1) is 16.6 Å². The highest BCUT2D eigenvalue weighted by Gasteiger charge is 2.18. The molecule has 1 fully saturated rings. The van der Waals surface area contributed by atoms with Crippen LogP contribution in [0.2, 0.25) is 0 Å². The number of hydrogen-bond donors (Lipinski definition) is 0. The molecule has 0 saturated carbocycles. The van der Waals surface area contributed by atoms with Crippen molar-refractivity contribution in [3.63, 3.8) is 0 Å². The van der Waals surface area contributed by atoms with Gasteiger partial charge in [-0.1, -0.05) is 6.07 Å². The quantitative estimate of drug-likeness (QED) is 0.474. The van der Waals surface area contributed by atoms with E-state index in [-0.39, 0.29) is 24.0 Å². The number of hydrogen-bond acceptors (Lipinski definition) is 5. The molecule has 1 unspecified atom stereocenters. The normalized spacial score (nSPS) is 18.8. The van der Waals surface area contributed by atoms with Gasteiger partial charge in [0, 0.05) is 18.7 Å². The molecule has 1 heterocycles. The van der Waals surface area contributed by atoms with Gasteiger partial charge in [0.1, 0.15) is 6.61 Å². The van der Waals surface area contributed by atoms with Crippen molar-refractivity contribution in [2.24, 2.45) is 0 Å². The molecule has 1 saturated heterocycles. The number of rotatable bonds is 4. The van der Waals surface area contributed by atoms with Gasteiger partial charge in [0.2, 0.25) is 0 Å². The first-order valence-corrected chi connectivity index (χ1v) is 6.20. The second-order valence-corrected chi connectivity index (χ2v) is 4.39. The third kappa shape index (κ3) is 3.75. The molecule has 0 N–H and O–H groups in total. The topological polar surface area (TPSA) is 78.7 Å². The number of esters is 1. The Morgan fingerprint density at radius 3 is 3.00 bits per heavy atom. The summed E-state index contributed by atoms with van der Waals surface area (Å²) in [4.78, 5) is 21.8. The summed E-state index contributed by atoms with van der Waals surface area (Å²) in [7, 11) is 0. The summed E-state index contributed by atoms with van der Waals surface area (Å²) in [6, 6.07) is 5.51. The van der Waals surface area contributed by atoms with Crippen molar-refractivity contribution in [1.82, 2.24) is 0 Å². The molecule has 0 amide bonds. The number of ether oxygens (including phenoxy) is 2. The standard InChI is InChI=1S/C13H15NO5/c15-13(19-9-12-6-1-2-7-18-12)10-4-3-5-11(8-10)14(16)17/h3-5,8,12H,1-2,6-7,9H2. The van der Waals surface area contributed by atoms with Crippen molar-refractivity contribution in [2.75, 3.05) is 13.2 Å². The van der Waals surface area contributed by atoms with Crippen LogP contribution in [-0.4, -0.2) is 30.2 Å². The molecule has 1 aromatic carbocycles. The van der Waals surface area contributed by atoms with Crippen molar-refractivity contribution in [3.8, 4) is 0 Å². The minimum absolute atomic E-state index is 0.0589. The Morgan fingerprint density at radius 2 is 2.32 bits per heavy atom. The van der Waals surface area contributed by atoms with Crippen LogP contribution in [0.1, 0.15) is 29.6 Å². The molecule has 0 radical (unpaired) electrons. The molecule has 2 rings (SSSR count). The van der Waals surface area contributed by atoms with Gasteiger partial charge in [0.15, 0.2) is 0 Å². The Kier molecular flexibility index (Phi) is 4.46. The Labute approximate surface area is 110 Å². The Hall–Kier alpha value is -1.95. The lowest BCUT2D eigenvalue weighted by Crippen LogP contribution is -2.25. The van der Waals surface area contributed by atoms with Gasteiger partial charge in [-0.05, 0) is 25.3 Å². The summed E-state index contributed by atoms with van der Waals surface area (Å²) in [6.45, 7) is 0.889. The van der Waals surface area contributed by atoms with E-state index in [0.29, 0.717) is 6.61 Å². The number of benzene rings is 1. The third-order valence-electron chi connectivity index (χ3n) is 2.97. The van der Waals surface area contributed by atoms with Crippen LogP contribution in [-0.2, 0) is 9.47 Å². The lowest BCUT2D eigenvalue weighted by Gasteiger charge is -2.22. The minimum Gasteiger partial charge on any atom is -0.459 e. The lowest BCUT2D eigenvalue weighted by molar-refractivity contribution is -0.384. The van der Waals surface area contributed by atoms with Gasteiger partial charge in [0.25, 0.3) is 5.69 Å². The van der Waals surface area contributed by atoms with E-state index >= 15 is 0 Å². The minimum atomic E-state index is -0.558. The first kappa shape index (κ1) is 13.5. The molecule has 1 aliphatic heterocycles. The van der Waals surface area contributed by atoms with Crippen LogP contribution in [0.25, 0.3) is 0 Å². The van der Waals surface area contributed by atoms with Crippen LogP contribution < -0.4 is 0 Å². The van der Waals surface area contributed by atoms with E-state index in [1.807, 2.05) is 0 Å². The summed E-state index contributed by atoms with van der Waals surface area (Å²) in [6.07, 6.45) is 2.92. The molecule has 0 spiro atoms. The first-order valence-electron chi connectivity index (χ1n) is 6.20. The van der Waals surface area contributed by atoms with E-state index in [4.69, 9.17) is 9.47 Å². The molecular weight excluding hydrogens is 250 g/mol. The zero-order chi connectivity index (χ0) is 13.7. The predicted molar refractivity (Wildman–Crippen MR) is 67.0 cm³/mol. The van der Waals surface area contributed by atoms with Crippen LogP contribution in [0.5, 0.6) is 0 Å². The van der Waals surface area contributed by atoms with E-state index in [1.54, 1.807) is 0 Å². The van der Waals surface area contributed by atoms with Crippen LogP contribution >= 0.6 is 0 Å². The fourth-order valence-corrected chi connectivity index (χ4v) is 1.94. The third-order valence-corrected chi connectivity index (χ3v) is 2.97. The maximum Gasteiger partial charge on any atom is 0.338 e. The molecule has 1 aromatic rings. The van der Waals surface area contributed by atoms with Gasteiger partial charge in [-0.2, -0.15) is 0 Å². The average molecular weight is 265 g/mol. The van der Waals surface area contributed by atoms with Gasteiger partial charge < -0.3 is 9.47 Å². The molecule has 6 heteroatoms. The van der Waals surface area contributed by atoms with Crippen molar-refractivity contribution >= 4 is 11.7 Å². The van der Waals surface area contributed by atoms with Gasteiger partial charge in [-0.25, -0.2) is 4.79 Å². The van der Waals surface area contributed by atoms with Crippen LogP contribution in [0.4, 0.5) is 5.69 Å². The Balaban J connectivity index is 1.92. The van der Waals surface area contributed by atoms with Gasteiger partial charge in [-0.3, -0.25) is 10.1 Å². The Bertz CT molecular complexity index is 468.